The van der Waals surface area contributed by atoms with Crippen molar-refractivity contribution in [1.82, 2.24) is 19.9 Å². The van der Waals surface area contributed by atoms with Gasteiger partial charge in [-0.1, -0.05) is 19.1 Å². The highest BCUT2D eigenvalue weighted by atomic mass is 16.2. The lowest BCUT2D eigenvalue weighted by Crippen LogP contribution is -2.33. The van der Waals surface area contributed by atoms with Gasteiger partial charge in [-0.2, -0.15) is 0 Å². The van der Waals surface area contributed by atoms with E-state index in [1.165, 1.54) is 5.56 Å². The number of likely N-dealkylation sites (tertiary alicyclic amines) is 1. The maximum absolute atomic E-state index is 13.4. The molecule has 28 heavy (non-hydrogen) atoms. The van der Waals surface area contributed by atoms with Crippen molar-refractivity contribution in [1.29, 1.82) is 0 Å². The number of pyridine rings is 1. The molecule has 5 nitrogen and oxygen atoms in total. The van der Waals surface area contributed by atoms with Crippen LogP contribution >= 0.6 is 0 Å². The highest BCUT2D eigenvalue weighted by molar-refractivity contribution is 6.08. The smallest absolute Gasteiger partial charge is 0.254 e. The summed E-state index contributed by atoms with van der Waals surface area (Å²) in [6.07, 6.45) is 6.52. The number of carbonyl (C=O) groups excluding carboxylic acids is 1. The lowest BCUT2D eigenvalue weighted by Gasteiger charge is -2.23. The number of benzene rings is 1. The van der Waals surface area contributed by atoms with Crippen LogP contribution in [0, 0.1) is 13.8 Å². The van der Waals surface area contributed by atoms with Gasteiger partial charge in [0.05, 0.1) is 16.8 Å². The molecular weight excluding hydrogens is 348 g/mol. The summed E-state index contributed by atoms with van der Waals surface area (Å²) in [5, 5.41) is 0.919. The van der Waals surface area contributed by atoms with E-state index in [-0.39, 0.29) is 11.9 Å². The molecule has 2 aromatic heterocycles. The first kappa shape index (κ1) is 18.5. The fourth-order valence-electron chi connectivity index (χ4n) is 3.91. The highest BCUT2D eigenvalue weighted by Gasteiger charge is 2.28. The van der Waals surface area contributed by atoms with Crippen molar-refractivity contribution in [3.8, 4) is 11.3 Å². The molecule has 3 heterocycles. The second kappa shape index (κ2) is 7.30. The number of aryl methyl sites for hydroxylation is 3. The van der Waals surface area contributed by atoms with Crippen LogP contribution in [-0.2, 0) is 6.42 Å². The van der Waals surface area contributed by atoms with E-state index >= 15 is 0 Å². The largest absolute Gasteiger partial charge is 0.336 e. The first-order valence-corrected chi connectivity index (χ1v) is 10.0. The lowest BCUT2D eigenvalue weighted by molar-refractivity contribution is 0.0749. The molecule has 0 N–H and O–H groups in total. The van der Waals surface area contributed by atoms with Crippen LogP contribution in [0.5, 0.6) is 0 Å². The summed E-state index contributed by atoms with van der Waals surface area (Å²) in [5.41, 5.74) is 5.46. The standard InChI is InChI=1S/C23H26N4O/c1-5-21-24-12-17(13-25-21)20-11-19(23(28)27-10-6-7-15(27)3)18-9-8-14(2)16(4)22(18)26-20/h8-9,11-13,15H,5-7,10H2,1-4H3. The maximum Gasteiger partial charge on any atom is 0.254 e. The van der Waals surface area contributed by atoms with Crippen molar-refractivity contribution in [2.45, 2.75) is 53.0 Å². The number of rotatable bonds is 3. The summed E-state index contributed by atoms with van der Waals surface area (Å²) in [6.45, 7) is 9.12. The van der Waals surface area contributed by atoms with Crippen molar-refractivity contribution in [3.05, 3.63) is 53.1 Å². The quantitative estimate of drug-likeness (QED) is 0.677. The molecule has 0 spiro atoms. The molecule has 1 aliphatic rings. The number of carbonyl (C=O) groups is 1. The summed E-state index contributed by atoms with van der Waals surface area (Å²) in [6, 6.07) is 6.29. The Balaban J connectivity index is 1.91. The SMILES string of the molecule is CCc1ncc(-c2cc(C(=O)N3CCCC3C)c3ccc(C)c(C)c3n2)cn1. The van der Waals surface area contributed by atoms with Gasteiger partial charge in [0, 0.05) is 42.4 Å². The average molecular weight is 374 g/mol. The van der Waals surface area contributed by atoms with E-state index < -0.39 is 0 Å². The minimum atomic E-state index is 0.0907. The van der Waals surface area contributed by atoms with E-state index in [4.69, 9.17) is 4.98 Å². The van der Waals surface area contributed by atoms with Crippen LogP contribution in [0.15, 0.2) is 30.6 Å². The summed E-state index contributed by atoms with van der Waals surface area (Å²) in [7, 11) is 0. The van der Waals surface area contributed by atoms with Crippen LogP contribution < -0.4 is 0 Å². The normalized spacial score (nSPS) is 16.7. The maximum atomic E-state index is 13.4. The Labute approximate surface area is 165 Å². The average Bonchev–Trinajstić information content (AvgIpc) is 3.15. The van der Waals surface area contributed by atoms with E-state index in [0.29, 0.717) is 0 Å². The van der Waals surface area contributed by atoms with E-state index in [2.05, 4.69) is 36.8 Å². The third-order valence-corrected chi connectivity index (χ3v) is 5.87. The van der Waals surface area contributed by atoms with Crippen molar-refractivity contribution in [2.24, 2.45) is 0 Å². The molecule has 5 heteroatoms. The Morgan fingerprint density at radius 3 is 2.61 bits per heavy atom. The van der Waals surface area contributed by atoms with Crippen molar-refractivity contribution in [2.75, 3.05) is 6.54 Å². The molecule has 0 bridgehead atoms. The topological polar surface area (TPSA) is 59.0 Å². The molecule has 3 aromatic rings. The summed E-state index contributed by atoms with van der Waals surface area (Å²) in [5.74, 6) is 0.895. The van der Waals surface area contributed by atoms with E-state index in [0.717, 1.165) is 64.9 Å². The van der Waals surface area contributed by atoms with Crippen LogP contribution in [0.25, 0.3) is 22.2 Å². The van der Waals surface area contributed by atoms with Crippen LogP contribution in [0.3, 0.4) is 0 Å². The summed E-state index contributed by atoms with van der Waals surface area (Å²) >= 11 is 0. The van der Waals surface area contributed by atoms with Gasteiger partial charge in [-0.3, -0.25) is 4.79 Å². The number of hydrogen-bond donors (Lipinski definition) is 0. The zero-order valence-electron chi connectivity index (χ0n) is 17.0. The Bertz CT molecular complexity index is 1040. The molecule has 1 saturated heterocycles. The molecule has 0 aliphatic carbocycles. The van der Waals surface area contributed by atoms with Crippen LogP contribution in [0.4, 0.5) is 0 Å². The molecule has 0 radical (unpaired) electrons. The van der Waals surface area contributed by atoms with Crippen LogP contribution in [-0.4, -0.2) is 38.3 Å². The first-order chi connectivity index (χ1) is 13.5. The minimum Gasteiger partial charge on any atom is -0.336 e. The van der Waals surface area contributed by atoms with E-state index in [9.17, 15) is 4.79 Å². The molecular formula is C23H26N4O. The van der Waals surface area contributed by atoms with Gasteiger partial charge >= 0.3 is 0 Å². The third kappa shape index (κ3) is 3.15. The summed E-state index contributed by atoms with van der Waals surface area (Å²) < 4.78 is 0. The molecule has 1 aliphatic heterocycles. The Morgan fingerprint density at radius 1 is 1.21 bits per heavy atom. The second-order valence-electron chi connectivity index (χ2n) is 7.69. The van der Waals surface area contributed by atoms with E-state index in [1.807, 2.05) is 24.0 Å². The van der Waals surface area contributed by atoms with Gasteiger partial charge in [0.25, 0.3) is 5.91 Å². The predicted molar refractivity (Wildman–Crippen MR) is 111 cm³/mol. The molecule has 1 unspecified atom stereocenters. The van der Waals surface area contributed by atoms with Gasteiger partial charge in [0.1, 0.15) is 5.82 Å². The molecule has 1 atom stereocenters. The second-order valence-corrected chi connectivity index (χ2v) is 7.69. The molecule has 0 saturated carbocycles. The van der Waals surface area contributed by atoms with E-state index in [1.54, 1.807) is 12.4 Å². The zero-order valence-corrected chi connectivity index (χ0v) is 17.0. The monoisotopic (exact) mass is 374 g/mol. The third-order valence-electron chi connectivity index (χ3n) is 5.87. The first-order valence-electron chi connectivity index (χ1n) is 10.0. The number of nitrogens with zero attached hydrogens (tertiary/aromatic N) is 4. The molecule has 144 valence electrons. The Kier molecular flexibility index (Phi) is 4.84. The van der Waals surface area contributed by atoms with Gasteiger partial charge in [-0.05, 0) is 50.8 Å². The molecule has 1 fully saturated rings. The fraction of sp³-hybridized carbons (Fsp3) is 0.391. The highest BCUT2D eigenvalue weighted by Crippen LogP contribution is 2.30. The number of fused-ring (bicyclic) bond motifs is 1. The van der Waals surface area contributed by atoms with Crippen LogP contribution in [0.2, 0.25) is 0 Å². The van der Waals surface area contributed by atoms with Crippen molar-refractivity contribution < 1.29 is 4.79 Å². The van der Waals surface area contributed by atoms with Crippen molar-refractivity contribution >= 4 is 16.8 Å². The predicted octanol–water partition coefficient (Wildman–Crippen LogP) is 4.50. The van der Waals surface area contributed by atoms with Gasteiger partial charge in [-0.15, -0.1) is 0 Å². The number of hydrogen-bond acceptors (Lipinski definition) is 4. The minimum absolute atomic E-state index is 0.0907. The van der Waals surface area contributed by atoms with Gasteiger partial charge < -0.3 is 4.90 Å². The number of amides is 1. The van der Waals surface area contributed by atoms with Gasteiger partial charge in [0.15, 0.2) is 0 Å². The van der Waals surface area contributed by atoms with Gasteiger partial charge in [-0.25, -0.2) is 15.0 Å². The molecule has 1 aromatic carbocycles. The van der Waals surface area contributed by atoms with Crippen molar-refractivity contribution in [3.63, 3.8) is 0 Å². The fourth-order valence-corrected chi connectivity index (χ4v) is 3.91. The lowest BCUT2D eigenvalue weighted by atomic mass is 9.99. The number of aromatic nitrogens is 3. The molecule has 4 rings (SSSR count). The summed E-state index contributed by atoms with van der Waals surface area (Å²) in [4.78, 5) is 29.1. The zero-order chi connectivity index (χ0) is 19.8. The molecule has 1 amide bonds. The Morgan fingerprint density at radius 2 is 1.96 bits per heavy atom. The van der Waals surface area contributed by atoms with Crippen LogP contribution in [0.1, 0.15) is 54.0 Å². The van der Waals surface area contributed by atoms with Gasteiger partial charge in [0.2, 0.25) is 0 Å². The Hall–Kier alpha value is -2.82.